The molecule has 0 spiro atoms. The average Bonchev–Trinajstić information content (AvgIpc) is 2.95. The van der Waals surface area contributed by atoms with E-state index in [1.54, 1.807) is 20.9 Å². The van der Waals surface area contributed by atoms with E-state index in [0.29, 0.717) is 25.0 Å². The van der Waals surface area contributed by atoms with Gasteiger partial charge in [-0.15, -0.1) is 24.0 Å². The summed E-state index contributed by atoms with van der Waals surface area (Å²) in [5, 5.41) is 3.41. The molecule has 1 saturated carbocycles. The maximum absolute atomic E-state index is 12.0. The first-order valence-electron chi connectivity index (χ1n) is 6.47. The highest BCUT2D eigenvalue weighted by atomic mass is 127. The Hall–Kier alpha value is -0.0500. The van der Waals surface area contributed by atoms with Gasteiger partial charge in [-0.25, -0.2) is 8.42 Å². The summed E-state index contributed by atoms with van der Waals surface area (Å²) >= 11 is 0. The van der Waals surface area contributed by atoms with Crippen molar-refractivity contribution in [2.45, 2.75) is 38.0 Å². The Morgan fingerprint density at radius 2 is 2.00 bits per heavy atom. The van der Waals surface area contributed by atoms with Crippen LogP contribution in [-0.4, -0.2) is 56.0 Å². The minimum absolute atomic E-state index is 0. The largest absolute Gasteiger partial charge is 0.353 e. The topological polar surface area (TPSA) is 61.8 Å². The van der Waals surface area contributed by atoms with Crippen LogP contribution in [0.1, 0.15) is 27.2 Å². The molecule has 2 rings (SSSR count). The Morgan fingerprint density at radius 3 is 2.42 bits per heavy atom. The number of nitrogens with zero attached hydrogens (tertiary/aromatic N) is 2. The van der Waals surface area contributed by atoms with E-state index in [-0.39, 0.29) is 29.7 Å². The number of hydrogen-bond donors (Lipinski definition) is 1. The normalized spacial score (nSPS) is 32.4. The van der Waals surface area contributed by atoms with Crippen molar-refractivity contribution in [1.82, 2.24) is 10.2 Å². The lowest BCUT2D eigenvalue weighted by Crippen LogP contribution is -2.57. The zero-order chi connectivity index (χ0) is 13.6. The number of aliphatic imine (C=N–C) groups is 1. The van der Waals surface area contributed by atoms with Crippen molar-refractivity contribution in [3.05, 3.63) is 0 Å². The third-order valence-electron chi connectivity index (χ3n) is 3.98. The van der Waals surface area contributed by atoms with Crippen LogP contribution in [-0.2, 0) is 9.84 Å². The SMILES string of the molecule is CN=C(NC1CC1C)N1CCS(=O)(=O)C(C)(C)C1.I. The van der Waals surface area contributed by atoms with Crippen LogP contribution in [0.5, 0.6) is 0 Å². The molecule has 1 aliphatic heterocycles. The van der Waals surface area contributed by atoms with Crippen molar-refractivity contribution in [2.24, 2.45) is 10.9 Å². The van der Waals surface area contributed by atoms with Gasteiger partial charge in [-0.1, -0.05) is 6.92 Å². The second-order valence-corrected chi connectivity index (χ2v) is 8.75. The lowest BCUT2D eigenvalue weighted by atomic mass is 10.2. The Labute approximate surface area is 133 Å². The zero-order valence-corrected chi connectivity index (χ0v) is 15.2. The van der Waals surface area contributed by atoms with Gasteiger partial charge in [0.1, 0.15) is 0 Å². The molecule has 0 aromatic carbocycles. The second-order valence-electron chi connectivity index (χ2n) is 6.01. The van der Waals surface area contributed by atoms with Gasteiger partial charge >= 0.3 is 0 Å². The highest BCUT2D eigenvalue weighted by molar-refractivity contribution is 14.0. The van der Waals surface area contributed by atoms with Gasteiger partial charge < -0.3 is 10.2 Å². The van der Waals surface area contributed by atoms with Gasteiger partial charge in [0, 0.05) is 26.2 Å². The van der Waals surface area contributed by atoms with Gasteiger partial charge in [0.2, 0.25) is 0 Å². The van der Waals surface area contributed by atoms with Gasteiger partial charge in [-0.05, 0) is 26.2 Å². The van der Waals surface area contributed by atoms with E-state index in [2.05, 4.69) is 22.1 Å². The molecule has 1 saturated heterocycles. The lowest BCUT2D eigenvalue weighted by Gasteiger charge is -2.39. The molecule has 2 fully saturated rings. The standard InChI is InChI=1S/C12H23N3O2S.HI/c1-9-7-10(9)14-11(13-4)15-5-6-18(16,17)12(2,3)8-15;/h9-10H,5-8H2,1-4H3,(H,13,14);1H. The molecule has 112 valence electrons. The first-order chi connectivity index (χ1) is 8.27. The first kappa shape index (κ1) is 17.0. The van der Waals surface area contributed by atoms with Crippen molar-refractivity contribution in [2.75, 3.05) is 25.9 Å². The van der Waals surface area contributed by atoms with E-state index in [0.717, 1.165) is 5.96 Å². The molecule has 1 aliphatic carbocycles. The number of rotatable bonds is 1. The van der Waals surface area contributed by atoms with Crippen molar-refractivity contribution < 1.29 is 8.42 Å². The van der Waals surface area contributed by atoms with E-state index in [1.807, 2.05) is 0 Å². The summed E-state index contributed by atoms with van der Waals surface area (Å²) in [4.78, 5) is 6.34. The van der Waals surface area contributed by atoms with Crippen molar-refractivity contribution >= 4 is 39.8 Å². The molecule has 0 amide bonds. The maximum Gasteiger partial charge on any atom is 0.193 e. The minimum Gasteiger partial charge on any atom is -0.353 e. The van der Waals surface area contributed by atoms with Crippen LogP contribution in [0.25, 0.3) is 0 Å². The van der Waals surface area contributed by atoms with Crippen LogP contribution in [0.3, 0.4) is 0 Å². The van der Waals surface area contributed by atoms with E-state index >= 15 is 0 Å². The monoisotopic (exact) mass is 401 g/mol. The van der Waals surface area contributed by atoms with Gasteiger partial charge in [-0.3, -0.25) is 4.99 Å². The molecule has 5 nitrogen and oxygen atoms in total. The molecule has 0 radical (unpaired) electrons. The fourth-order valence-corrected chi connectivity index (χ4v) is 3.68. The number of nitrogens with one attached hydrogen (secondary N) is 1. The molecule has 2 atom stereocenters. The fourth-order valence-electron chi connectivity index (χ4n) is 2.31. The van der Waals surface area contributed by atoms with Crippen LogP contribution in [0.4, 0.5) is 0 Å². The van der Waals surface area contributed by atoms with Gasteiger partial charge in [0.15, 0.2) is 15.8 Å². The Bertz CT molecular complexity index is 462. The minimum atomic E-state index is -2.98. The highest BCUT2D eigenvalue weighted by Crippen LogP contribution is 2.30. The summed E-state index contributed by atoms with van der Waals surface area (Å²) in [6, 6.07) is 0.505. The van der Waals surface area contributed by atoms with E-state index in [9.17, 15) is 8.42 Å². The highest BCUT2D eigenvalue weighted by Gasteiger charge is 2.42. The molecule has 1 N–H and O–H groups in total. The molecule has 7 heteroatoms. The molecule has 2 unspecified atom stereocenters. The number of hydrogen-bond acceptors (Lipinski definition) is 3. The Kier molecular flexibility index (Phi) is 5.14. The summed E-state index contributed by atoms with van der Waals surface area (Å²) < 4.78 is 23.2. The van der Waals surface area contributed by atoms with Crippen molar-refractivity contribution in [3.8, 4) is 0 Å². The van der Waals surface area contributed by atoms with Crippen molar-refractivity contribution in [1.29, 1.82) is 0 Å². The molecule has 0 aromatic heterocycles. The molecular weight excluding hydrogens is 377 g/mol. The molecule has 19 heavy (non-hydrogen) atoms. The van der Waals surface area contributed by atoms with E-state index in [4.69, 9.17) is 0 Å². The second kappa shape index (κ2) is 5.75. The quantitative estimate of drug-likeness (QED) is 0.406. The van der Waals surface area contributed by atoms with Crippen molar-refractivity contribution in [3.63, 3.8) is 0 Å². The number of guanidine groups is 1. The van der Waals surface area contributed by atoms with Crippen LogP contribution >= 0.6 is 24.0 Å². The maximum atomic E-state index is 12.0. The third-order valence-corrected chi connectivity index (χ3v) is 6.51. The molecular formula is C12H24IN3O2S. The zero-order valence-electron chi connectivity index (χ0n) is 12.0. The van der Waals surface area contributed by atoms with E-state index < -0.39 is 14.6 Å². The third kappa shape index (κ3) is 3.53. The van der Waals surface area contributed by atoms with Gasteiger partial charge in [-0.2, -0.15) is 0 Å². The Balaban J connectivity index is 0.00000180. The van der Waals surface area contributed by atoms with Crippen LogP contribution in [0.15, 0.2) is 4.99 Å². The molecule has 0 aromatic rings. The van der Waals surface area contributed by atoms with Crippen LogP contribution in [0.2, 0.25) is 0 Å². The van der Waals surface area contributed by atoms with Crippen LogP contribution in [0, 0.1) is 5.92 Å². The number of sulfone groups is 1. The lowest BCUT2D eigenvalue weighted by molar-refractivity contribution is 0.352. The number of halogens is 1. The smallest absolute Gasteiger partial charge is 0.193 e. The summed E-state index contributed by atoms with van der Waals surface area (Å²) in [5.41, 5.74) is 0. The summed E-state index contributed by atoms with van der Waals surface area (Å²) in [7, 11) is -1.23. The predicted octanol–water partition coefficient (Wildman–Crippen LogP) is 1.10. The average molecular weight is 401 g/mol. The molecule has 2 aliphatic rings. The van der Waals surface area contributed by atoms with Crippen LogP contribution < -0.4 is 5.32 Å². The summed E-state index contributed by atoms with van der Waals surface area (Å²) in [6.45, 7) is 6.83. The predicted molar refractivity (Wildman–Crippen MR) is 88.9 cm³/mol. The van der Waals surface area contributed by atoms with E-state index in [1.165, 1.54) is 6.42 Å². The molecule has 0 bridgehead atoms. The first-order valence-corrected chi connectivity index (χ1v) is 8.12. The Morgan fingerprint density at radius 1 is 1.42 bits per heavy atom. The summed E-state index contributed by atoms with van der Waals surface area (Å²) in [6.07, 6.45) is 1.18. The van der Waals surface area contributed by atoms with Gasteiger partial charge in [0.05, 0.1) is 10.5 Å². The van der Waals surface area contributed by atoms with Gasteiger partial charge in [0.25, 0.3) is 0 Å². The fraction of sp³-hybridized carbons (Fsp3) is 0.917. The summed E-state index contributed by atoms with van der Waals surface area (Å²) in [5.74, 6) is 1.75. The molecule has 1 heterocycles.